The van der Waals surface area contributed by atoms with E-state index in [0.29, 0.717) is 11.1 Å². The molecule has 2 unspecified atom stereocenters. The van der Waals surface area contributed by atoms with Crippen LogP contribution in [0.4, 0.5) is 4.39 Å². The minimum atomic E-state index is -1.04. The molecule has 0 aliphatic rings. The third-order valence-corrected chi connectivity index (χ3v) is 3.74. The largest absolute Gasteiger partial charge is 0.384 e. The molecule has 2 aromatic carbocycles. The van der Waals surface area contributed by atoms with Crippen molar-refractivity contribution < 1.29 is 9.50 Å². The van der Waals surface area contributed by atoms with E-state index in [1.165, 1.54) is 6.07 Å². The van der Waals surface area contributed by atoms with Gasteiger partial charge in [-0.3, -0.25) is 0 Å². The fourth-order valence-electron chi connectivity index (χ4n) is 2.31. The smallest absolute Gasteiger partial charge is 0.129 e. The first-order valence-electron chi connectivity index (χ1n) is 7.15. The summed E-state index contributed by atoms with van der Waals surface area (Å²) in [6.45, 7) is 3.83. The maximum atomic E-state index is 14.0. The fraction of sp³-hybridized carbons (Fsp3) is 0.278. The summed E-state index contributed by atoms with van der Waals surface area (Å²) in [6, 6.07) is 15.4. The van der Waals surface area contributed by atoms with Gasteiger partial charge in [0.15, 0.2) is 0 Å². The van der Waals surface area contributed by atoms with Gasteiger partial charge in [-0.2, -0.15) is 5.26 Å². The summed E-state index contributed by atoms with van der Waals surface area (Å²) >= 11 is 0. The Kier molecular flexibility index (Phi) is 4.92. The molecule has 4 heteroatoms. The van der Waals surface area contributed by atoms with E-state index in [-0.39, 0.29) is 12.6 Å². The molecular formula is C18H19FN2O. The molecule has 2 atom stereocenters. The molecule has 0 saturated heterocycles. The fourth-order valence-corrected chi connectivity index (χ4v) is 2.31. The summed E-state index contributed by atoms with van der Waals surface area (Å²) in [5, 5.41) is 22.4. The summed E-state index contributed by atoms with van der Waals surface area (Å²) in [5.41, 5.74) is 0.529. The minimum absolute atomic E-state index is 0.275. The molecule has 0 saturated carbocycles. The van der Waals surface area contributed by atoms with Gasteiger partial charge in [-0.05, 0) is 31.5 Å². The number of nitrogens with one attached hydrogen (secondary N) is 1. The molecule has 2 N–H and O–H groups in total. The van der Waals surface area contributed by atoms with Crippen molar-refractivity contribution >= 4 is 0 Å². The highest BCUT2D eigenvalue weighted by Gasteiger charge is 2.24. The number of rotatable bonds is 5. The normalized spacial score (nSPS) is 14.9. The zero-order valence-electron chi connectivity index (χ0n) is 12.7. The van der Waals surface area contributed by atoms with Crippen molar-refractivity contribution in [2.75, 3.05) is 6.54 Å². The Hall–Kier alpha value is -2.22. The van der Waals surface area contributed by atoms with Gasteiger partial charge in [-0.25, -0.2) is 4.39 Å². The topological polar surface area (TPSA) is 56.0 Å². The monoisotopic (exact) mass is 298 g/mol. The van der Waals surface area contributed by atoms with Crippen LogP contribution in [0.25, 0.3) is 0 Å². The van der Waals surface area contributed by atoms with Gasteiger partial charge >= 0.3 is 0 Å². The number of aliphatic hydroxyl groups is 1. The second kappa shape index (κ2) is 6.69. The van der Waals surface area contributed by atoms with Crippen LogP contribution < -0.4 is 5.32 Å². The van der Waals surface area contributed by atoms with E-state index in [9.17, 15) is 9.50 Å². The van der Waals surface area contributed by atoms with Crippen LogP contribution in [0.3, 0.4) is 0 Å². The first kappa shape index (κ1) is 16.2. The summed E-state index contributed by atoms with van der Waals surface area (Å²) in [7, 11) is 0. The van der Waals surface area contributed by atoms with E-state index < -0.39 is 11.4 Å². The van der Waals surface area contributed by atoms with E-state index in [0.717, 1.165) is 5.56 Å². The highest BCUT2D eigenvalue weighted by Crippen LogP contribution is 2.22. The first-order valence-corrected chi connectivity index (χ1v) is 7.15. The molecule has 0 aliphatic heterocycles. The van der Waals surface area contributed by atoms with Crippen LogP contribution in [-0.2, 0) is 5.60 Å². The second-order valence-electron chi connectivity index (χ2n) is 5.59. The number of hydrogen-bond acceptors (Lipinski definition) is 3. The highest BCUT2D eigenvalue weighted by atomic mass is 19.1. The third kappa shape index (κ3) is 3.70. The van der Waals surface area contributed by atoms with Gasteiger partial charge in [0.05, 0.1) is 17.2 Å². The highest BCUT2D eigenvalue weighted by molar-refractivity contribution is 5.34. The van der Waals surface area contributed by atoms with Crippen molar-refractivity contribution in [3.05, 3.63) is 71.0 Å². The lowest BCUT2D eigenvalue weighted by Crippen LogP contribution is -2.36. The molecule has 0 bridgehead atoms. The molecule has 0 fully saturated rings. The number of halogens is 1. The van der Waals surface area contributed by atoms with Crippen molar-refractivity contribution in [3.8, 4) is 6.07 Å². The van der Waals surface area contributed by atoms with Crippen LogP contribution in [0.15, 0.2) is 48.5 Å². The Morgan fingerprint density at radius 3 is 2.55 bits per heavy atom. The van der Waals surface area contributed by atoms with E-state index in [1.807, 2.05) is 43.3 Å². The van der Waals surface area contributed by atoms with Crippen LogP contribution >= 0.6 is 0 Å². The van der Waals surface area contributed by atoms with Gasteiger partial charge in [-0.1, -0.05) is 36.4 Å². The predicted octanol–water partition coefficient (Wildman–Crippen LogP) is 3.26. The molecule has 3 nitrogen and oxygen atoms in total. The maximum Gasteiger partial charge on any atom is 0.129 e. The number of benzene rings is 2. The number of nitrogens with zero attached hydrogens (tertiary/aromatic N) is 1. The van der Waals surface area contributed by atoms with E-state index in [4.69, 9.17) is 5.26 Å². The van der Waals surface area contributed by atoms with Crippen molar-refractivity contribution in [2.45, 2.75) is 25.5 Å². The summed E-state index contributed by atoms with van der Waals surface area (Å²) in [5.74, 6) is -0.418. The molecule has 2 rings (SSSR count). The van der Waals surface area contributed by atoms with E-state index in [1.54, 1.807) is 19.1 Å². The van der Waals surface area contributed by atoms with Crippen molar-refractivity contribution in [2.24, 2.45) is 0 Å². The van der Waals surface area contributed by atoms with Crippen molar-refractivity contribution in [3.63, 3.8) is 0 Å². The SMILES string of the molecule is CC(NCC(C)(O)c1ccccc1)c1ccc(C#N)cc1F. The zero-order chi connectivity index (χ0) is 16.2. The number of nitriles is 1. The number of hydrogen-bond donors (Lipinski definition) is 2. The van der Waals surface area contributed by atoms with Gasteiger partial charge in [0.2, 0.25) is 0 Å². The minimum Gasteiger partial charge on any atom is -0.384 e. The van der Waals surface area contributed by atoms with Crippen LogP contribution in [0.2, 0.25) is 0 Å². The van der Waals surface area contributed by atoms with Gasteiger partial charge in [0.1, 0.15) is 5.82 Å². The average Bonchev–Trinajstić information content (AvgIpc) is 2.53. The van der Waals surface area contributed by atoms with Gasteiger partial charge in [-0.15, -0.1) is 0 Å². The van der Waals surface area contributed by atoms with Crippen LogP contribution in [0.5, 0.6) is 0 Å². The van der Waals surface area contributed by atoms with Crippen LogP contribution in [-0.4, -0.2) is 11.7 Å². The van der Waals surface area contributed by atoms with E-state index in [2.05, 4.69) is 5.32 Å². The molecule has 2 aromatic rings. The van der Waals surface area contributed by atoms with Crippen molar-refractivity contribution in [1.29, 1.82) is 5.26 Å². The van der Waals surface area contributed by atoms with Gasteiger partial charge < -0.3 is 10.4 Å². The molecular weight excluding hydrogens is 279 g/mol. The molecule has 0 spiro atoms. The predicted molar refractivity (Wildman–Crippen MR) is 83.5 cm³/mol. The summed E-state index contributed by atoms with van der Waals surface area (Å²) in [6.07, 6.45) is 0. The van der Waals surface area contributed by atoms with E-state index >= 15 is 0 Å². The Bertz CT molecular complexity index is 677. The molecule has 0 radical (unpaired) electrons. The Balaban J connectivity index is 2.07. The standard InChI is InChI=1S/C18H19FN2O/c1-13(16-9-8-14(11-20)10-17(16)19)21-12-18(2,22)15-6-4-3-5-7-15/h3-10,13,21-22H,12H2,1-2H3. The summed E-state index contributed by atoms with van der Waals surface area (Å²) in [4.78, 5) is 0. The second-order valence-corrected chi connectivity index (χ2v) is 5.59. The Morgan fingerprint density at radius 2 is 1.95 bits per heavy atom. The first-order chi connectivity index (χ1) is 10.4. The summed E-state index contributed by atoms with van der Waals surface area (Å²) < 4.78 is 14.0. The zero-order valence-corrected chi connectivity index (χ0v) is 12.7. The van der Waals surface area contributed by atoms with Gasteiger partial charge in [0, 0.05) is 18.2 Å². The van der Waals surface area contributed by atoms with Crippen LogP contribution in [0.1, 0.15) is 36.6 Å². The third-order valence-electron chi connectivity index (χ3n) is 3.74. The molecule has 114 valence electrons. The van der Waals surface area contributed by atoms with Crippen molar-refractivity contribution in [1.82, 2.24) is 5.32 Å². The average molecular weight is 298 g/mol. The quantitative estimate of drug-likeness (QED) is 0.891. The van der Waals surface area contributed by atoms with Crippen LogP contribution in [0, 0.1) is 17.1 Å². The van der Waals surface area contributed by atoms with Gasteiger partial charge in [0.25, 0.3) is 0 Å². The molecule has 22 heavy (non-hydrogen) atoms. The molecule has 0 amide bonds. The lowest BCUT2D eigenvalue weighted by molar-refractivity contribution is 0.0542. The molecule has 0 aliphatic carbocycles. The Morgan fingerprint density at radius 1 is 1.27 bits per heavy atom. The lowest BCUT2D eigenvalue weighted by atomic mass is 9.95. The molecule has 0 aromatic heterocycles. The maximum absolute atomic E-state index is 14.0. The lowest BCUT2D eigenvalue weighted by Gasteiger charge is -2.27. The molecule has 0 heterocycles. The Labute approximate surface area is 130 Å².